The van der Waals surface area contributed by atoms with Crippen molar-refractivity contribution in [1.29, 1.82) is 0 Å². The fourth-order valence-corrected chi connectivity index (χ4v) is 8.06. The summed E-state index contributed by atoms with van der Waals surface area (Å²) in [5.41, 5.74) is 1.48. The number of hydrogen-bond donors (Lipinski definition) is 2. The Morgan fingerprint density at radius 1 is 0.950 bits per heavy atom. The van der Waals surface area contributed by atoms with Crippen molar-refractivity contribution in [2.24, 2.45) is 5.92 Å². The first-order valence-corrected chi connectivity index (χ1v) is 14.6. The highest BCUT2D eigenvalue weighted by Gasteiger charge is 2.56. The number of phenolic OH excluding ortho intramolecular Hbond substituents is 1. The van der Waals surface area contributed by atoms with Crippen LogP contribution >= 0.6 is 39.0 Å². The highest BCUT2D eigenvalue weighted by atomic mass is 79.9. The zero-order valence-corrected chi connectivity index (χ0v) is 23.6. The van der Waals surface area contributed by atoms with Crippen molar-refractivity contribution in [3.63, 3.8) is 0 Å². The molecule has 2 N–H and O–H groups in total. The van der Waals surface area contributed by atoms with E-state index >= 15 is 0 Å². The summed E-state index contributed by atoms with van der Waals surface area (Å²) in [6, 6.07) is 18.5. The van der Waals surface area contributed by atoms with E-state index in [2.05, 4.69) is 21.2 Å². The molecule has 2 aliphatic rings. The molecule has 8 nitrogen and oxygen atoms in total. The van der Waals surface area contributed by atoms with Crippen LogP contribution in [0.3, 0.4) is 0 Å². The van der Waals surface area contributed by atoms with Crippen LogP contribution in [0.15, 0.2) is 87.1 Å². The summed E-state index contributed by atoms with van der Waals surface area (Å²) in [6.07, 6.45) is 0. The van der Waals surface area contributed by atoms with Gasteiger partial charge in [0.1, 0.15) is 23.4 Å². The molecule has 2 unspecified atom stereocenters. The maximum atomic E-state index is 13.9. The Morgan fingerprint density at radius 2 is 1.62 bits per heavy atom. The van der Waals surface area contributed by atoms with E-state index in [1.807, 2.05) is 0 Å². The Balaban J connectivity index is 1.40. The molecule has 0 radical (unpaired) electrons. The molecule has 0 saturated carbocycles. The van der Waals surface area contributed by atoms with E-state index in [-0.39, 0.29) is 18.2 Å². The van der Waals surface area contributed by atoms with Crippen molar-refractivity contribution in [1.82, 2.24) is 4.57 Å². The average Bonchev–Trinajstić information content (AvgIpc) is 3.37. The van der Waals surface area contributed by atoms with Gasteiger partial charge in [0.05, 0.1) is 16.6 Å². The number of nitrogens with one attached hydrogen (secondary N) is 1. The second kappa shape index (κ2) is 10.3. The molecule has 1 fully saturated rings. The van der Waals surface area contributed by atoms with Crippen molar-refractivity contribution in [3.8, 4) is 5.75 Å². The predicted octanol–water partition coefficient (Wildman–Crippen LogP) is 4.95. The molecule has 12 heteroatoms. The van der Waals surface area contributed by atoms with Crippen LogP contribution in [0.1, 0.15) is 16.4 Å². The summed E-state index contributed by atoms with van der Waals surface area (Å²) in [6.45, 7) is -0.326. The standard InChI is InChI=1S/C28H19BrFN3O5S2/c29-15-3-9-18(10-4-15)33-25(36)22-21(14-1-11-19(34)12-2-14)24-27(39-23(22)26(33)37)32(28(38)40-24)13-20(35)31-17-7-5-16(30)6-8-17/h1-12,21-23,34H,13H2,(H,31,35)/t21-,22?,23?/m0/s1. The number of benzene rings is 3. The minimum atomic E-state index is -0.831. The van der Waals surface area contributed by atoms with Crippen LogP contribution in [0.5, 0.6) is 5.75 Å². The number of imide groups is 1. The lowest BCUT2D eigenvalue weighted by molar-refractivity contribution is -0.122. The summed E-state index contributed by atoms with van der Waals surface area (Å²) in [7, 11) is 0. The molecule has 202 valence electrons. The van der Waals surface area contributed by atoms with Crippen LogP contribution in [0, 0.1) is 11.7 Å². The van der Waals surface area contributed by atoms with Gasteiger partial charge in [-0.15, -0.1) is 0 Å². The van der Waals surface area contributed by atoms with Crippen LogP contribution in [0.4, 0.5) is 15.8 Å². The Kier molecular flexibility index (Phi) is 6.85. The zero-order chi connectivity index (χ0) is 28.1. The average molecular weight is 641 g/mol. The molecule has 0 spiro atoms. The third kappa shape index (κ3) is 4.65. The molecule has 2 aliphatic heterocycles. The quantitative estimate of drug-likeness (QED) is 0.299. The molecule has 0 bridgehead atoms. The van der Waals surface area contributed by atoms with Gasteiger partial charge in [0.2, 0.25) is 17.7 Å². The monoisotopic (exact) mass is 639 g/mol. The van der Waals surface area contributed by atoms with Crippen molar-refractivity contribution < 1.29 is 23.9 Å². The van der Waals surface area contributed by atoms with Crippen LogP contribution in [0.2, 0.25) is 0 Å². The minimum Gasteiger partial charge on any atom is -0.508 e. The fourth-order valence-electron chi connectivity index (χ4n) is 5.02. The van der Waals surface area contributed by atoms with E-state index in [4.69, 9.17) is 0 Å². The lowest BCUT2D eigenvalue weighted by Crippen LogP contribution is -2.33. The number of fused-ring (bicyclic) bond motifs is 2. The normalized spacial score (nSPS) is 19.9. The van der Waals surface area contributed by atoms with Crippen molar-refractivity contribution in [2.75, 3.05) is 10.2 Å². The van der Waals surface area contributed by atoms with E-state index in [1.54, 1.807) is 36.4 Å². The van der Waals surface area contributed by atoms with E-state index in [1.165, 1.54) is 45.9 Å². The number of aromatic hydroxyl groups is 1. The SMILES string of the molecule is O=C(Cn1c2c(sc1=O)[C@@H](c1ccc(O)cc1)C1C(=O)N(c3ccc(Br)cc3)C(=O)C1S2)Nc1ccc(F)cc1. The number of carbonyl (C=O) groups excluding carboxylic acids is 3. The second-order valence-electron chi connectivity index (χ2n) is 9.30. The number of thiazole rings is 1. The lowest BCUT2D eigenvalue weighted by atomic mass is 9.83. The van der Waals surface area contributed by atoms with Crippen molar-refractivity contribution in [3.05, 3.63) is 103 Å². The highest BCUT2D eigenvalue weighted by molar-refractivity contribution is 9.10. The molecule has 4 aromatic rings. The van der Waals surface area contributed by atoms with Gasteiger partial charge in [0.25, 0.3) is 0 Å². The van der Waals surface area contributed by atoms with E-state index in [0.29, 0.717) is 26.8 Å². The number of hydrogen-bond acceptors (Lipinski definition) is 7. The first kappa shape index (κ1) is 26.5. The molecule has 6 rings (SSSR count). The maximum Gasteiger partial charge on any atom is 0.308 e. The Hall–Kier alpha value is -3.74. The fraction of sp³-hybridized carbons (Fsp3) is 0.143. The topological polar surface area (TPSA) is 109 Å². The minimum absolute atomic E-state index is 0.0410. The first-order chi connectivity index (χ1) is 19.2. The Labute approximate surface area is 243 Å². The highest BCUT2D eigenvalue weighted by Crippen LogP contribution is 2.54. The number of rotatable bonds is 5. The Bertz CT molecular complexity index is 1700. The molecule has 3 heterocycles. The van der Waals surface area contributed by atoms with Gasteiger partial charge in [-0.3, -0.25) is 23.7 Å². The molecule has 40 heavy (non-hydrogen) atoms. The van der Waals surface area contributed by atoms with Crippen LogP contribution in [-0.2, 0) is 20.9 Å². The summed E-state index contributed by atoms with van der Waals surface area (Å²) < 4.78 is 15.4. The Morgan fingerprint density at radius 3 is 2.30 bits per heavy atom. The van der Waals surface area contributed by atoms with Gasteiger partial charge < -0.3 is 10.4 Å². The second-order valence-corrected chi connectivity index (χ2v) is 12.3. The van der Waals surface area contributed by atoms with Crippen LogP contribution in [0.25, 0.3) is 0 Å². The number of anilines is 2. The van der Waals surface area contributed by atoms with E-state index in [0.717, 1.165) is 27.6 Å². The molecule has 1 saturated heterocycles. The van der Waals surface area contributed by atoms with Gasteiger partial charge in [0, 0.05) is 21.0 Å². The lowest BCUT2D eigenvalue weighted by Gasteiger charge is -2.30. The van der Waals surface area contributed by atoms with Crippen LogP contribution < -0.4 is 15.1 Å². The van der Waals surface area contributed by atoms with Crippen molar-refractivity contribution in [2.45, 2.75) is 22.7 Å². The van der Waals surface area contributed by atoms with Gasteiger partial charge >= 0.3 is 4.87 Å². The van der Waals surface area contributed by atoms with Gasteiger partial charge in [-0.05, 0) is 66.2 Å². The van der Waals surface area contributed by atoms with Crippen LogP contribution in [-0.4, -0.2) is 32.6 Å². The number of halogens is 2. The van der Waals surface area contributed by atoms with Gasteiger partial charge in [0.15, 0.2) is 0 Å². The van der Waals surface area contributed by atoms with Gasteiger partial charge in [-0.2, -0.15) is 0 Å². The third-order valence-electron chi connectivity index (χ3n) is 6.82. The number of phenols is 1. The first-order valence-electron chi connectivity index (χ1n) is 12.1. The molecule has 3 amide bonds. The maximum absolute atomic E-state index is 13.9. The molecular formula is C28H19BrFN3O5S2. The number of amides is 3. The zero-order valence-electron chi connectivity index (χ0n) is 20.4. The van der Waals surface area contributed by atoms with E-state index in [9.17, 15) is 28.7 Å². The summed E-state index contributed by atoms with van der Waals surface area (Å²) in [5, 5.41) is 12.1. The third-order valence-corrected chi connectivity index (χ3v) is 9.95. The largest absolute Gasteiger partial charge is 0.508 e. The van der Waals surface area contributed by atoms with Crippen molar-refractivity contribution >= 4 is 68.1 Å². The molecule has 1 aromatic heterocycles. The number of nitrogens with zero attached hydrogens (tertiary/aromatic N) is 2. The summed E-state index contributed by atoms with van der Waals surface area (Å²) in [4.78, 5) is 55.0. The smallest absolute Gasteiger partial charge is 0.308 e. The van der Waals surface area contributed by atoms with Gasteiger partial charge in [-0.1, -0.05) is 51.2 Å². The van der Waals surface area contributed by atoms with E-state index < -0.39 is 39.6 Å². The number of carbonyl (C=O) groups is 3. The van der Waals surface area contributed by atoms with Gasteiger partial charge in [-0.25, -0.2) is 9.29 Å². The molecular weight excluding hydrogens is 621 g/mol. The molecule has 3 atom stereocenters. The summed E-state index contributed by atoms with van der Waals surface area (Å²) >= 11 is 5.42. The molecule has 3 aromatic carbocycles. The number of aromatic nitrogens is 1. The predicted molar refractivity (Wildman–Crippen MR) is 153 cm³/mol. The molecule has 0 aliphatic carbocycles. The number of thioether (sulfide) groups is 1. The summed E-state index contributed by atoms with van der Waals surface area (Å²) in [5.74, 6) is -3.12.